The highest BCUT2D eigenvalue weighted by Gasteiger charge is 2.16. The van der Waals surface area contributed by atoms with Crippen molar-refractivity contribution < 1.29 is 28.1 Å². The number of amides is 1. The number of carbonyl (C=O) groups excluding carboxylic acids is 3. The molecule has 0 radical (unpaired) electrons. The maximum atomic E-state index is 12.2. The van der Waals surface area contributed by atoms with Gasteiger partial charge in [-0.25, -0.2) is 9.59 Å². The lowest BCUT2D eigenvalue weighted by molar-refractivity contribution is -0.119. The van der Waals surface area contributed by atoms with Crippen molar-refractivity contribution in [2.75, 3.05) is 24.8 Å². The van der Waals surface area contributed by atoms with E-state index in [0.717, 1.165) is 12.8 Å². The molecule has 0 aliphatic heterocycles. The SMILES string of the molecule is CCCCOC(=O)c1ccc(NC(=O)COC(=O)c2ccccc2[S@](C)=O)cc1. The fourth-order valence-corrected chi connectivity index (χ4v) is 3.11. The summed E-state index contributed by atoms with van der Waals surface area (Å²) in [6.45, 7) is 1.88. The Balaban J connectivity index is 1.87. The molecule has 7 nitrogen and oxygen atoms in total. The lowest BCUT2D eigenvalue weighted by atomic mass is 10.2. The van der Waals surface area contributed by atoms with Crippen molar-refractivity contribution in [1.82, 2.24) is 0 Å². The van der Waals surface area contributed by atoms with Crippen molar-refractivity contribution in [2.24, 2.45) is 0 Å². The van der Waals surface area contributed by atoms with Crippen molar-refractivity contribution >= 4 is 34.3 Å². The van der Waals surface area contributed by atoms with Gasteiger partial charge in [0.05, 0.1) is 33.4 Å². The van der Waals surface area contributed by atoms with Crippen LogP contribution in [0.1, 0.15) is 40.5 Å². The molecule has 0 saturated carbocycles. The van der Waals surface area contributed by atoms with Gasteiger partial charge in [-0.3, -0.25) is 9.00 Å². The van der Waals surface area contributed by atoms with Crippen LogP contribution >= 0.6 is 0 Å². The van der Waals surface area contributed by atoms with Gasteiger partial charge in [-0.05, 0) is 42.8 Å². The zero-order valence-corrected chi connectivity index (χ0v) is 17.1. The van der Waals surface area contributed by atoms with Crippen LogP contribution in [0.4, 0.5) is 5.69 Å². The van der Waals surface area contributed by atoms with E-state index in [9.17, 15) is 18.6 Å². The number of anilines is 1. The Morgan fingerprint density at radius 3 is 2.31 bits per heavy atom. The monoisotopic (exact) mass is 417 g/mol. The third-order valence-corrected chi connectivity index (χ3v) is 4.86. The summed E-state index contributed by atoms with van der Waals surface area (Å²) in [6.07, 6.45) is 3.20. The molecule has 29 heavy (non-hydrogen) atoms. The summed E-state index contributed by atoms with van der Waals surface area (Å²) >= 11 is 0. The van der Waals surface area contributed by atoms with Crippen molar-refractivity contribution in [3.05, 3.63) is 59.7 Å². The second-order valence-corrected chi connectivity index (χ2v) is 7.49. The third kappa shape index (κ3) is 6.83. The molecule has 0 aliphatic carbocycles. The number of benzene rings is 2. The largest absolute Gasteiger partial charge is 0.462 e. The van der Waals surface area contributed by atoms with Crippen LogP contribution in [0.2, 0.25) is 0 Å². The number of rotatable bonds is 9. The predicted molar refractivity (Wildman–Crippen MR) is 109 cm³/mol. The lowest BCUT2D eigenvalue weighted by Gasteiger charge is -2.09. The second kappa shape index (κ2) is 11.1. The average molecular weight is 417 g/mol. The topological polar surface area (TPSA) is 98.8 Å². The van der Waals surface area contributed by atoms with Crippen LogP contribution in [0.25, 0.3) is 0 Å². The highest BCUT2D eigenvalue weighted by Crippen LogP contribution is 2.14. The van der Waals surface area contributed by atoms with E-state index in [4.69, 9.17) is 9.47 Å². The van der Waals surface area contributed by atoms with E-state index >= 15 is 0 Å². The maximum Gasteiger partial charge on any atom is 0.339 e. The van der Waals surface area contributed by atoms with Crippen molar-refractivity contribution in [1.29, 1.82) is 0 Å². The average Bonchev–Trinajstić information content (AvgIpc) is 2.72. The van der Waals surface area contributed by atoms with E-state index in [1.165, 1.54) is 12.3 Å². The molecule has 0 aromatic heterocycles. The van der Waals surface area contributed by atoms with E-state index in [-0.39, 0.29) is 5.56 Å². The van der Waals surface area contributed by atoms with Crippen LogP contribution in [0.5, 0.6) is 0 Å². The van der Waals surface area contributed by atoms with Gasteiger partial charge < -0.3 is 14.8 Å². The Morgan fingerprint density at radius 1 is 0.966 bits per heavy atom. The number of ether oxygens (including phenoxy) is 2. The van der Waals surface area contributed by atoms with E-state index in [0.29, 0.717) is 22.8 Å². The van der Waals surface area contributed by atoms with Gasteiger partial charge in [0.15, 0.2) is 6.61 Å². The molecule has 2 aromatic rings. The molecule has 1 amide bonds. The summed E-state index contributed by atoms with van der Waals surface area (Å²) in [4.78, 5) is 36.4. The minimum atomic E-state index is -1.36. The summed E-state index contributed by atoms with van der Waals surface area (Å²) in [5.74, 6) is -1.68. The van der Waals surface area contributed by atoms with Crippen molar-refractivity contribution in [2.45, 2.75) is 24.7 Å². The molecule has 0 unspecified atom stereocenters. The first-order valence-electron chi connectivity index (χ1n) is 9.09. The Labute approximate surface area is 171 Å². The summed E-state index contributed by atoms with van der Waals surface area (Å²) in [7, 11) is -1.36. The molecule has 0 heterocycles. The van der Waals surface area contributed by atoms with Crippen LogP contribution in [0, 0.1) is 0 Å². The van der Waals surface area contributed by atoms with E-state index in [1.54, 1.807) is 42.5 Å². The molecule has 2 aromatic carbocycles. The molecule has 1 N–H and O–H groups in total. The lowest BCUT2D eigenvalue weighted by Crippen LogP contribution is -2.21. The first-order chi connectivity index (χ1) is 13.9. The minimum Gasteiger partial charge on any atom is -0.462 e. The van der Waals surface area contributed by atoms with Gasteiger partial charge in [0, 0.05) is 11.9 Å². The number of unbranched alkanes of at least 4 members (excludes halogenated alkanes) is 1. The standard InChI is InChI=1S/C21H23NO6S/c1-3-4-13-27-20(24)15-9-11-16(12-10-15)22-19(23)14-28-21(25)17-7-5-6-8-18(17)29(2)26/h5-12H,3-4,13-14H2,1-2H3,(H,22,23)/t29-/m0/s1. The fourth-order valence-electron chi connectivity index (χ4n) is 2.37. The fraction of sp³-hybridized carbons (Fsp3) is 0.286. The van der Waals surface area contributed by atoms with Gasteiger partial charge in [-0.2, -0.15) is 0 Å². The Morgan fingerprint density at radius 2 is 1.66 bits per heavy atom. The molecule has 2 rings (SSSR count). The zero-order valence-electron chi connectivity index (χ0n) is 16.3. The van der Waals surface area contributed by atoms with Gasteiger partial charge in [0.25, 0.3) is 5.91 Å². The Hall–Kier alpha value is -3.00. The van der Waals surface area contributed by atoms with Crippen LogP contribution < -0.4 is 5.32 Å². The van der Waals surface area contributed by atoms with Gasteiger partial charge >= 0.3 is 11.9 Å². The first kappa shape index (κ1) is 22.3. The van der Waals surface area contributed by atoms with Crippen LogP contribution in [0.15, 0.2) is 53.4 Å². The molecule has 154 valence electrons. The highest BCUT2D eigenvalue weighted by atomic mass is 32.2. The molecule has 0 saturated heterocycles. The number of nitrogens with one attached hydrogen (secondary N) is 1. The van der Waals surface area contributed by atoms with E-state index in [2.05, 4.69) is 5.32 Å². The van der Waals surface area contributed by atoms with Crippen LogP contribution in [0.3, 0.4) is 0 Å². The quantitative estimate of drug-likeness (QED) is 0.497. The maximum absolute atomic E-state index is 12.2. The van der Waals surface area contributed by atoms with Gasteiger partial charge in [0.2, 0.25) is 0 Å². The van der Waals surface area contributed by atoms with Crippen LogP contribution in [-0.2, 0) is 25.1 Å². The minimum absolute atomic E-state index is 0.159. The summed E-state index contributed by atoms with van der Waals surface area (Å²) in [5, 5.41) is 2.58. The highest BCUT2D eigenvalue weighted by molar-refractivity contribution is 7.84. The zero-order chi connectivity index (χ0) is 21.2. The van der Waals surface area contributed by atoms with Gasteiger partial charge in [0.1, 0.15) is 0 Å². The molecule has 0 fully saturated rings. The molecule has 8 heteroatoms. The van der Waals surface area contributed by atoms with Crippen molar-refractivity contribution in [3.63, 3.8) is 0 Å². The predicted octanol–water partition coefficient (Wildman–Crippen LogP) is 3.18. The molecular formula is C21H23NO6S. The number of carbonyl (C=O) groups is 3. The van der Waals surface area contributed by atoms with Gasteiger partial charge in [-0.15, -0.1) is 0 Å². The number of esters is 2. The van der Waals surface area contributed by atoms with Gasteiger partial charge in [-0.1, -0.05) is 25.5 Å². The molecule has 0 spiro atoms. The normalized spacial score (nSPS) is 11.4. The van der Waals surface area contributed by atoms with Crippen LogP contribution in [-0.4, -0.2) is 41.5 Å². The molecule has 0 bridgehead atoms. The number of hydrogen-bond acceptors (Lipinski definition) is 6. The molecular weight excluding hydrogens is 394 g/mol. The third-order valence-electron chi connectivity index (χ3n) is 3.89. The Bertz CT molecular complexity index is 894. The van der Waals surface area contributed by atoms with E-state index in [1.807, 2.05) is 6.92 Å². The first-order valence-corrected chi connectivity index (χ1v) is 10.6. The van der Waals surface area contributed by atoms with Crippen molar-refractivity contribution in [3.8, 4) is 0 Å². The molecule has 0 aliphatic rings. The smallest absolute Gasteiger partial charge is 0.339 e. The summed E-state index contributed by atoms with van der Waals surface area (Å²) in [5.41, 5.74) is 0.994. The molecule has 1 atom stereocenters. The summed E-state index contributed by atoms with van der Waals surface area (Å²) < 4.78 is 21.8. The van der Waals surface area contributed by atoms with E-state index < -0.39 is 35.3 Å². The summed E-state index contributed by atoms with van der Waals surface area (Å²) in [6, 6.07) is 12.6. The Kier molecular flexibility index (Phi) is 8.54. The second-order valence-electron chi connectivity index (χ2n) is 6.14. The number of hydrogen-bond donors (Lipinski definition) is 1.